The van der Waals surface area contributed by atoms with Crippen LogP contribution in [0.25, 0.3) is 0 Å². The minimum absolute atomic E-state index is 0. The van der Waals surface area contributed by atoms with Crippen LogP contribution in [-0.2, 0) is 0 Å². The van der Waals surface area contributed by atoms with Gasteiger partial charge in [0.2, 0.25) is 0 Å². The van der Waals surface area contributed by atoms with Crippen LogP contribution in [-0.4, -0.2) is 49.2 Å². The highest BCUT2D eigenvalue weighted by atomic mass is 79.9. The van der Waals surface area contributed by atoms with Crippen molar-refractivity contribution < 1.29 is 14.3 Å². The predicted octanol–water partition coefficient (Wildman–Crippen LogP) is 2.61. The number of nitrogens with zero attached hydrogens (tertiary/aromatic N) is 1. The van der Waals surface area contributed by atoms with Crippen LogP contribution in [0.4, 0.5) is 0 Å². The SMILES string of the molecule is Cl.O=C(c1cc(Br)c2c(c1)OCCO2)N1C2CCNCC1CC2. The van der Waals surface area contributed by atoms with Crippen molar-refractivity contribution in [1.29, 1.82) is 0 Å². The molecule has 5 nitrogen and oxygen atoms in total. The van der Waals surface area contributed by atoms with Gasteiger partial charge in [-0.15, -0.1) is 12.4 Å². The molecule has 3 aliphatic heterocycles. The summed E-state index contributed by atoms with van der Waals surface area (Å²) in [7, 11) is 0. The van der Waals surface area contributed by atoms with E-state index in [1.54, 1.807) is 0 Å². The molecule has 1 N–H and O–H groups in total. The molecule has 2 saturated heterocycles. The van der Waals surface area contributed by atoms with Gasteiger partial charge in [-0.3, -0.25) is 4.79 Å². The summed E-state index contributed by atoms with van der Waals surface area (Å²) in [6, 6.07) is 4.35. The van der Waals surface area contributed by atoms with Crippen molar-refractivity contribution in [2.24, 2.45) is 0 Å². The van der Waals surface area contributed by atoms with E-state index in [9.17, 15) is 4.79 Å². The third-order valence-corrected chi connectivity index (χ3v) is 5.32. The lowest BCUT2D eigenvalue weighted by atomic mass is 10.1. The summed E-state index contributed by atoms with van der Waals surface area (Å²) in [6.45, 7) is 2.96. The second-order valence-electron chi connectivity index (χ2n) is 6.07. The van der Waals surface area contributed by atoms with Crippen LogP contribution in [0.1, 0.15) is 29.6 Å². The lowest BCUT2D eigenvalue weighted by Gasteiger charge is -2.28. The molecule has 0 aliphatic carbocycles. The Morgan fingerprint density at radius 3 is 2.83 bits per heavy atom. The molecule has 4 rings (SSSR count). The fourth-order valence-electron chi connectivity index (χ4n) is 3.70. The quantitative estimate of drug-likeness (QED) is 0.783. The Hall–Kier alpha value is -0.980. The van der Waals surface area contributed by atoms with Crippen molar-refractivity contribution in [3.05, 3.63) is 22.2 Å². The summed E-state index contributed by atoms with van der Waals surface area (Å²) in [5.41, 5.74) is 0.676. The fraction of sp³-hybridized carbons (Fsp3) is 0.562. The average molecular weight is 404 g/mol. The monoisotopic (exact) mass is 402 g/mol. The first-order valence-electron chi connectivity index (χ1n) is 7.86. The lowest BCUT2D eigenvalue weighted by Crippen LogP contribution is -2.42. The van der Waals surface area contributed by atoms with E-state index in [0.717, 1.165) is 36.8 Å². The van der Waals surface area contributed by atoms with Crippen LogP contribution in [0, 0.1) is 0 Å². The Balaban J connectivity index is 0.00000156. The molecule has 126 valence electrons. The second-order valence-corrected chi connectivity index (χ2v) is 6.93. The van der Waals surface area contributed by atoms with Crippen LogP contribution >= 0.6 is 28.3 Å². The fourth-order valence-corrected chi connectivity index (χ4v) is 4.25. The molecule has 1 amide bonds. The first-order chi connectivity index (χ1) is 10.7. The Labute approximate surface area is 150 Å². The molecule has 1 aromatic carbocycles. The smallest absolute Gasteiger partial charge is 0.254 e. The Morgan fingerprint density at radius 1 is 1.17 bits per heavy atom. The van der Waals surface area contributed by atoms with Crippen molar-refractivity contribution >= 4 is 34.2 Å². The van der Waals surface area contributed by atoms with Crippen molar-refractivity contribution in [2.75, 3.05) is 26.3 Å². The van der Waals surface area contributed by atoms with Crippen molar-refractivity contribution in [3.8, 4) is 11.5 Å². The van der Waals surface area contributed by atoms with Gasteiger partial charge in [-0.1, -0.05) is 0 Å². The summed E-state index contributed by atoms with van der Waals surface area (Å²) in [4.78, 5) is 15.1. The summed E-state index contributed by atoms with van der Waals surface area (Å²) in [5, 5.41) is 3.43. The van der Waals surface area contributed by atoms with E-state index in [2.05, 4.69) is 26.1 Å². The normalized spacial score (nSPS) is 25.5. The van der Waals surface area contributed by atoms with E-state index >= 15 is 0 Å². The van der Waals surface area contributed by atoms with Gasteiger partial charge in [0.05, 0.1) is 4.47 Å². The molecule has 0 saturated carbocycles. The van der Waals surface area contributed by atoms with Gasteiger partial charge in [0.1, 0.15) is 13.2 Å². The van der Waals surface area contributed by atoms with Crippen LogP contribution in [0.2, 0.25) is 0 Å². The van der Waals surface area contributed by atoms with Gasteiger partial charge in [-0.05, 0) is 53.9 Å². The zero-order chi connectivity index (χ0) is 15.1. The van der Waals surface area contributed by atoms with E-state index in [1.807, 2.05) is 12.1 Å². The highest BCUT2D eigenvalue weighted by molar-refractivity contribution is 9.10. The van der Waals surface area contributed by atoms with Gasteiger partial charge in [-0.25, -0.2) is 0 Å². The maximum Gasteiger partial charge on any atom is 0.254 e. The van der Waals surface area contributed by atoms with E-state index in [1.165, 1.54) is 0 Å². The molecule has 23 heavy (non-hydrogen) atoms. The molecule has 1 aromatic rings. The Bertz CT molecular complexity index is 599. The highest BCUT2D eigenvalue weighted by Gasteiger charge is 2.38. The predicted molar refractivity (Wildman–Crippen MR) is 92.8 cm³/mol. The number of amides is 1. The highest BCUT2D eigenvalue weighted by Crippen LogP contribution is 2.39. The summed E-state index contributed by atoms with van der Waals surface area (Å²) >= 11 is 3.50. The topological polar surface area (TPSA) is 50.8 Å². The third kappa shape index (κ3) is 3.04. The lowest BCUT2D eigenvalue weighted by molar-refractivity contribution is 0.0679. The largest absolute Gasteiger partial charge is 0.486 e. The number of nitrogens with one attached hydrogen (secondary N) is 1. The number of halogens is 2. The third-order valence-electron chi connectivity index (χ3n) is 4.73. The molecule has 0 radical (unpaired) electrons. The van der Waals surface area contributed by atoms with Crippen LogP contribution in [0.15, 0.2) is 16.6 Å². The van der Waals surface area contributed by atoms with Crippen molar-refractivity contribution in [3.63, 3.8) is 0 Å². The number of benzene rings is 1. The summed E-state index contributed by atoms with van der Waals surface area (Å²) in [6.07, 6.45) is 3.24. The molecule has 2 unspecified atom stereocenters. The zero-order valence-corrected chi connectivity index (χ0v) is 15.1. The minimum Gasteiger partial charge on any atom is -0.486 e. The van der Waals surface area contributed by atoms with Crippen molar-refractivity contribution in [2.45, 2.75) is 31.3 Å². The molecule has 2 bridgehead atoms. The van der Waals surface area contributed by atoms with Gasteiger partial charge in [0.15, 0.2) is 11.5 Å². The molecule has 2 atom stereocenters. The first kappa shape index (κ1) is 16.9. The van der Waals surface area contributed by atoms with Gasteiger partial charge in [0.25, 0.3) is 5.91 Å². The molecule has 3 heterocycles. The molecule has 2 fully saturated rings. The number of hydrogen-bond acceptors (Lipinski definition) is 4. The van der Waals surface area contributed by atoms with E-state index < -0.39 is 0 Å². The molecule has 0 aromatic heterocycles. The van der Waals surface area contributed by atoms with E-state index in [-0.39, 0.29) is 18.3 Å². The van der Waals surface area contributed by atoms with Crippen LogP contribution in [0.5, 0.6) is 11.5 Å². The van der Waals surface area contributed by atoms with Crippen molar-refractivity contribution in [1.82, 2.24) is 10.2 Å². The summed E-state index contributed by atoms with van der Waals surface area (Å²) < 4.78 is 12.0. The Morgan fingerprint density at radius 2 is 1.96 bits per heavy atom. The number of hydrogen-bond donors (Lipinski definition) is 1. The number of carbonyl (C=O) groups is 1. The van der Waals surface area contributed by atoms with Gasteiger partial charge in [-0.2, -0.15) is 0 Å². The maximum atomic E-state index is 13.0. The number of carbonyl (C=O) groups excluding carboxylic acids is 1. The van der Waals surface area contributed by atoms with Gasteiger partial charge in [0, 0.05) is 24.2 Å². The van der Waals surface area contributed by atoms with Gasteiger partial charge >= 0.3 is 0 Å². The van der Waals surface area contributed by atoms with Crippen LogP contribution in [0.3, 0.4) is 0 Å². The summed E-state index contributed by atoms with van der Waals surface area (Å²) in [5.74, 6) is 1.46. The van der Waals surface area contributed by atoms with E-state index in [4.69, 9.17) is 9.47 Å². The molecule has 3 aliphatic rings. The zero-order valence-electron chi connectivity index (χ0n) is 12.7. The second kappa shape index (κ2) is 6.87. The van der Waals surface area contributed by atoms with E-state index in [0.29, 0.717) is 42.4 Å². The molecular weight excluding hydrogens is 384 g/mol. The van der Waals surface area contributed by atoms with Crippen LogP contribution < -0.4 is 14.8 Å². The average Bonchev–Trinajstić information content (AvgIpc) is 2.79. The Kier molecular flexibility index (Phi) is 5.04. The molecule has 7 heteroatoms. The first-order valence-corrected chi connectivity index (χ1v) is 8.66. The molecule has 0 spiro atoms. The number of rotatable bonds is 1. The molecular formula is C16H20BrClN2O3. The minimum atomic E-state index is 0. The number of fused-ring (bicyclic) bond motifs is 3. The standard InChI is InChI=1S/C16H19BrN2O3.ClH/c17-13-7-10(8-14-15(13)22-6-5-21-14)16(20)19-11-1-2-12(19)9-18-4-3-11;/h7-8,11-12,18H,1-6,9H2;1H. The maximum absolute atomic E-state index is 13.0. The van der Waals surface area contributed by atoms with Gasteiger partial charge < -0.3 is 19.7 Å². The number of ether oxygens (including phenoxy) is 2.